The van der Waals surface area contributed by atoms with Gasteiger partial charge in [-0.25, -0.2) is 0 Å². The summed E-state index contributed by atoms with van der Waals surface area (Å²) in [5.74, 6) is 2.32. The summed E-state index contributed by atoms with van der Waals surface area (Å²) < 4.78 is 0. The smallest absolute Gasteiger partial charge is 0.186 e. The second-order valence-electron chi connectivity index (χ2n) is 9.12. The summed E-state index contributed by atoms with van der Waals surface area (Å²) >= 11 is 0. The highest BCUT2D eigenvalue weighted by Gasteiger charge is 2.61. The lowest BCUT2D eigenvalue weighted by Crippen LogP contribution is -2.54. The van der Waals surface area contributed by atoms with Gasteiger partial charge in [0.2, 0.25) is 0 Å². The molecule has 4 heteroatoms. The van der Waals surface area contributed by atoms with Crippen molar-refractivity contribution in [2.45, 2.75) is 71.3 Å². The lowest BCUT2D eigenvalue weighted by atomic mass is 9.45. The van der Waals surface area contributed by atoms with E-state index in [0.29, 0.717) is 41.2 Å². The Morgan fingerprint density at radius 2 is 1.87 bits per heavy atom. The molecule has 128 valence electrons. The Morgan fingerprint density at radius 3 is 2.61 bits per heavy atom. The van der Waals surface area contributed by atoms with Gasteiger partial charge in [-0.1, -0.05) is 19.0 Å². The van der Waals surface area contributed by atoms with E-state index in [2.05, 4.69) is 19.0 Å². The zero-order chi connectivity index (χ0) is 16.4. The van der Waals surface area contributed by atoms with Crippen molar-refractivity contribution >= 4 is 11.5 Å². The first-order valence-corrected chi connectivity index (χ1v) is 9.34. The first-order valence-electron chi connectivity index (χ1n) is 9.34. The van der Waals surface area contributed by atoms with Crippen LogP contribution in [0.1, 0.15) is 65.2 Å². The maximum atomic E-state index is 12.6. The van der Waals surface area contributed by atoms with E-state index >= 15 is 0 Å². The molecule has 0 spiro atoms. The number of aliphatic hydroxyl groups excluding tert-OH is 1. The molecule has 0 amide bonds. The summed E-state index contributed by atoms with van der Waals surface area (Å²) in [7, 11) is 0. The van der Waals surface area contributed by atoms with Gasteiger partial charge in [-0.3, -0.25) is 4.79 Å². The summed E-state index contributed by atoms with van der Waals surface area (Å²) in [5, 5.41) is 22.6. The van der Waals surface area contributed by atoms with Crippen LogP contribution in [0.3, 0.4) is 0 Å². The summed E-state index contributed by atoms with van der Waals surface area (Å²) in [5.41, 5.74) is 0.427. The predicted molar refractivity (Wildman–Crippen MR) is 87.3 cm³/mol. The van der Waals surface area contributed by atoms with Gasteiger partial charge in [-0.2, -0.15) is 0 Å². The molecule has 0 unspecified atom stereocenters. The monoisotopic (exact) mass is 319 g/mol. The van der Waals surface area contributed by atoms with Crippen molar-refractivity contribution in [3.63, 3.8) is 0 Å². The Bertz CT molecular complexity index is 559. The van der Waals surface area contributed by atoms with Gasteiger partial charge in [-0.05, 0) is 74.0 Å². The van der Waals surface area contributed by atoms with E-state index in [4.69, 9.17) is 0 Å². The minimum absolute atomic E-state index is 0.0924. The van der Waals surface area contributed by atoms with Gasteiger partial charge >= 0.3 is 0 Å². The molecule has 0 aromatic carbocycles. The topological polar surface area (TPSA) is 69.9 Å². The summed E-state index contributed by atoms with van der Waals surface area (Å²) in [6.45, 7) is 4.55. The van der Waals surface area contributed by atoms with Gasteiger partial charge < -0.3 is 10.3 Å². The molecule has 4 aliphatic carbocycles. The molecule has 4 saturated carbocycles. The average Bonchev–Trinajstić information content (AvgIpc) is 2.79. The first kappa shape index (κ1) is 15.6. The van der Waals surface area contributed by atoms with Crippen LogP contribution < -0.4 is 0 Å². The van der Waals surface area contributed by atoms with Crippen LogP contribution in [0.4, 0.5) is 0 Å². The third-order valence-corrected chi connectivity index (χ3v) is 8.34. The van der Waals surface area contributed by atoms with E-state index in [0.717, 1.165) is 32.1 Å². The number of nitrogens with zero attached hydrogens (tertiary/aromatic N) is 1. The standard InChI is InChI=1S/C19H29NO3/c1-18-7-5-12(21)9-11(18)3-4-13-14(18)6-8-19(2)15(13)10-16(20-23)17(19)22/h11-15,21,23H,3-10H2,1-2H3/b20-16-/t11-,12-,13+,14-,15-,18-,19-/m0/s1. The number of ketones is 1. The van der Waals surface area contributed by atoms with Crippen molar-refractivity contribution < 1.29 is 15.1 Å². The Labute approximate surface area is 138 Å². The lowest BCUT2D eigenvalue weighted by Gasteiger charge is -2.59. The number of carbonyl (C=O) groups excluding carboxylic acids is 1. The zero-order valence-corrected chi connectivity index (χ0v) is 14.3. The van der Waals surface area contributed by atoms with Crippen LogP contribution >= 0.6 is 0 Å². The average molecular weight is 319 g/mol. The van der Waals surface area contributed by atoms with E-state index in [9.17, 15) is 15.1 Å². The minimum Gasteiger partial charge on any atom is -0.411 e. The number of fused-ring (bicyclic) bond motifs is 5. The fourth-order valence-corrected chi connectivity index (χ4v) is 6.93. The number of carbonyl (C=O) groups is 1. The van der Waals surface area contributed by atoms with E-state index in [1.165, 1.54) is 12.8 Å². The summed E-state index contributed by atoms with van der Waals surface area (Å²) in [6.07, 6.45) is 7.97. The Kier molecular flexibility index (Phi) is 3.43. The second-order valence-corrected chi connectivity index (χ2v) is 9.12. The fraction of sp³-hybridized carbons (Fsp3) is 0.895. The van der Waals surface area contributed by atoms with E-state index < -0.39 is 0 Å². The second kappa shape index (κ2) is 5.05. The molecule has 0 heterocycles. The molecular weight excluding hydrogens is 290 g/mol. The fourth-order valence-electron chi connectivity index (χ4n) is 6.93. The zero-order valence-electron chi connectivity index (χ0n) is 14.3. The van der Waals surface area contributed by atoms with Crippen molar-refractivity contribution in [3.8, 4) is 0 Å². The minimum atomic E-state index is -0.305. The number of aliphatic hydroxyl groups is 1. The molecule has 4 nitrogen and oxygen atoms in total. The van der Waals surface area contributed by atoms with Crippen molar-refractivity contribution in [3.05, 3.63) is 0 Å². The molecule has 7 atom stereocenters. The van der Waals surface area contributed by atoms with Gasteiger partial charge in [0.25, 0.3) is 0 Å². The van der Waals surface area contributed by atoms with E-state index in [1.54, 1.807) is 0 Å². The molecule has 0 aliphatic heterocycles. The Morgan fingerprint density at radius 1 is 1.09 bits per heavy atom. The van der Waals surface area contributed by atoms with E-state index in [1.807, 2.05) is 0 Å². The number of hydrogen-bond acceptors (Lipinski definition) is 4. The molecule has 23 heavy (non-hydrogen) atoms. The van der Waals surface area contributed by atoms with Crippen LogP contribution in [-0.2, 0) is 4.79 Å². The van der Waals surface area contributed by atoms with Crippen molar-refractivity contribution in [1.29, 1.82) is 0 Å². The van der Waals surface area contributed by atoms with Crippen LogP contribution in [0.2, 0.25) is 0 Å². The maximum absolute atomic E-state index is 12.6. The third-order valence-electron chi connectivity index (χ3n) is 8.34. The normalized spacial score (nSPS) is 54.5. The molecule has 2 N–H and O–H groups in total. The number of rotatable bonds is 0. The van der Waals surface area contributed by atoms with Crippen LogP contribution in [0.5, 0.6) is 0 Å². The predicted octanol–water partition coefficient (Wildman–Crippen LogP) is 3.40. The van der Waals surface area contributed by atoms with Gasteiger partial charge in [0, 0.05) is 11.8 Å². The lowest BCUT2D eigenvalue weighted by molar-refractivity contribution is -0.141. The first-order chi connectivity index (χ1) is 10.9. The number of hydrogen-bond donors (Lipinski definition) is 2. The largest absolute Gasteiger partial charge is 0.411 e. The van der Waals surface area contributed by atoms with E-state index in [-0.39, 0.29) is 17.3 Å². The van der Waals surface area contributed by atoms with Crippen molar-refractivity contribution in [2.75, 3.05) is 0 Å². The highest BCUT2D eigenvalue weighted by atomic mass is 16.4. The maximum Gasteiger partial charge on any atom is 0.186 e. The number of oxime groups is 1. The highest BCUT2D eigenvalue weighted by molar-refractivity contribution is 6.43. The molecule has 0 aromatic heterocycles. The molecule has 0 bridgehead atoms. The number of Topliss-reactive ketones (excluding diaryl/α,β-unsaturated/α-hetero) is 1. The van der Waals surface area contributed by atoms with Gasteiger partial charge in [-0.15, -0.1) is 0 Å². The molecule has 0 aromatic rings. The van der Waals surface area contributed by atoms with Crippen LogP contribution in [-0.4, -0.2) is 27.9 Å². The van der Waals surface area contributed by atoms with Crippen LogP contribution in [0.25, 0.3) is 0 Å². The van der Waals surface area contributed by atoms with Crippen molar-refractivity contribution in [1.82, 2.24) is 0 Å². The van der Waals surface area contributed by atoms with Gasteiger partial charge in [0.05, 0.1) is 6.10 Å². The van der Waals surface area contributed by atoms with Gasteiger partial charge in [0.15, 0.2) is 5.78 Å². The molecule has 4 rings (SSSR count). The summed E-state index contributed by atoms with van der Waals surface area (Å²) in [6, 6.07) is 0. The van der Waals surface area contributed by atoms with Crippen LogP contribution in [0, 0.1) is 34.5 Å². The van der Waals surface area contributed by atoms with Gasteiger partial charge in [0.1, 0.15) is 5.71 Å². The third kappa shape index (κ3) is 2.00. The highest BCUT2D eigenvalue weighted by Crippen LogP contribution is 2.65. The molecule has 4 aliphatic rings. The quantitative estimate of drug-likeness (QED) is 0.531. The Balaban J connectivity index is 1.66. The van der Waals surface area contributed by atoms with Crippen LogP contribution in [0.15, 0.2) is 5.16 Å². The molecular formula is C19H29NO3. The molecule has 4 fully saturated rings. The molecule has 0 saturated heterocycles. The molecule has 0 radical (unpaired) electrons. The SMILES string of the molecule is C[C@]12CC[C@H](O)C[C@@H]1CC[C@@H]1[C@@H]2CC[C@]2(C)C(=O)/C(=N\O)C[C@@H]12. The van der Waals surface area contributed by atoms with Crippen molar-refractivity contribution in [2.24, 2.45) is 39.7 Å². The Hall–Kier alpha value is -0.900. The summed E-state index contributed by atoms with van der Waals surface area (Å²) in [4.78, 5) is 12.6.